The second kappa shape index (κ2) is 25.5. The summed E-state index contributed by atoms with van der Waals surface area (Å²) in [5, 5.41) is 0. The highest BCUT2D eigenvalue weighted by Gasteiger charge is 2.05. The minimum absolute atomic E-state index is 0.471. The van der Waals surface area contributed by atoms with Crippen LogP contribution in [-0.2, 0) is 9.53 Å². The molecule has 0 aliphatic heterocycles. The van der Waals surface area contributed by atoms with Crippen molar-refractivity contribution in [2.45, 2.75) is 142 Å². The van der Waals surface area contributed by atoms with Crippen molar-refractivity contribution in [2.24, 2.45) is 0 Å². The number of rotatable bonds is 25. The summed E-state index contributed by atoms with van der Waals surface area (Å²) < 4.78 is 5.03. The van der Waals surface area contributed by atoms with Crippen LogP contribution in [0.4, 0.5) is 0 Å². The Labute approximate surface area is 183 Å². The molecule has 0 heterocycles. The Kier molecular flexibility index (Phi) is 25.0. The zero-order valence-corrected chi connectivity index (χ0v) is 20.1. The lowest BCUT2D eigenvalue weighted by atomic mass is 10.1. The van der Waals surface area contributed by atoms with E-state index in [0.29, 0.717) is 13.2 Å². The van der Waals surface area contributed by atoms with E-state index < -0.39 is 0 Å². The first-order valence-electron chi connectivity index (χ1n) is 13.1. The van der Waals surface area contributed by atoms with Crippen LogP contribution < -0.4 is 0 Å². The third-order valence-electron chi connectivity index (χ3n) is 5.98. The molecule has 0 radical (unpaired) electrons. The van der Waals surface area contributed by atoms with Gasteiger partial charge in [-0.1, -0.05) is 129 Å². The molecule has 0 aromatic rings. The fourth-order valence-corrected chi connectivity index (χ4v) is 4.02. The summed E-state index contributed by atoms with van der Waals surface area (Å²) in [6.45, 7) is 7.76. The maximum absolute atomic E-state index is 10.5. The standard InChI is InChI=1S/C26H53NO2/c1-3-5-7-9-11-13-15-17-19-21-23-27(25-29-26-28)24-22-20-18-16-14-12-10-8-6-4-2/h26H,3-25H2,1-2H3. The van der Waals surface area contributed by atoms with E-state index in [0.717, 1.165) is 13.1 Å². The van der Waals surface area contributed by atoms with Crippen LogP contribution in [0.2, 0.25) is 0 Å². The highest BCUT2D eigenvalue weighted by molar-refractivity contribution is 5.36. The second-order valence-corrected chi connectivity index (χ2v) is 8.87. The lowest BCUT2D eigenvalue weighted by Gasteiger charge is -2.20. The summed E-state index contributed by atoms with van der Waals surface area (Å²) in [6, 6.07) is 0. The van der Waals surface area contributed by atoms with Crippen molar-refractivity contribution in [3.05, 3.63) is 0 Å². The number of ether oxygens (including phenoxy) is 1. The second-order valence-electron chi connectivity index (χ2n) is 8.87. The Morgan fingerprint density at radius 2 is 0.828 bits per heavy atom. The Hall–Kier alpha value is -0.570. The molecule has 0 aromatic carbocycles. The average Bonchev–Trinajstić information content (AvgIpc) is 2.74. The molecule has 0 unspecified atom stereocenters. The monoisotopic (exact) mass is 411 g/mol. The van der Waals surface area contributed by atoms with Gasteiger partial charge in [0.15, 0.2) is 0 Å². The fraction of sp³-hybridized carbons (Fsp3) is 0.962. The summed E-state index contributed by atoms with van der Waals surface area (Å²) in [5.74, 6) is 0. The Bertz CT molecular complexity index is 285. The number of nitrogens with zero attached hydrogens (tertiary/aromatic N) is 1. The van der Waals surface area contributed by atoms with Crippen LogP contribution in [0.3, 0.4) is 0 Å². The van der Waals surface area contributed by atoms with Gasteiger partial charge in [-0.25, -0.2) is 0 Å². The van der Waals surface area contributed by atoms with E-state index in [1.807, 2.05) is 0 Å². The summed E-state index contributed by atoms with van der Waals surface area (Å²) >= 11 is 0. The molecule has 0 N–H and O–H groups in total. The van der Waals surface area contributed by atoms with Gasteiger partial charge in [-0.3, -0.25) is 9.69 Å². The van der Waals surface area contributed by atoms with Gasteiger partial charge in [-0.15, -0.1) is 0 Å². The van der Waals surface area contributed by atoms with Gasteiger partial charge in [-0.2, -0.15) is 0 Å². The Balaban J connectivity index is 3.53. The molecule has 0 aliphatic carbocycles. The van der Waals surface area contributed by atoms with Crippen LogP contribution in [0.1, 0.15) is 142 Å². The molecule has 0 saturated carbocycles. The average molecular weight is 412 g/mol. The van der Waals surface area contributed by atoms with Gasteiger partial charge in [0.2, 0.25) is 0 Å². The summed E-state index contributed by atoms with van der Waals surface area (Å²) in [5.41, 5.74) is 0. The molecule has 3 heteroatoms. The van der Waals surface area contributed by atoms with Gasteiger partial charge in [0.1, 0.15) is 6.73 Å². The van der Waals surface area contributed by atoms with E-state index in [1.165, 1.54) is 128 Å². The molecule has 174 valence electrons. The van der Waals surface area contributed by atoms with Crippen molar-refractivity contribution < 1.29 is 9.53 Å². The summed E-state index contributed by atoms with van der Waals surface area (Å²) in [4.78, 5) is 12.9. The molecule has 0 amide bonds. The molecule has 0 aromatic heterocycles. The molecule has 0 atom stereocenters. The summed E-state index contributed by atoms with van der Waals surface area (Å²) in [7, 11) is 0. The Morgan fingerprint density at radius 1 is 0.517 bits per heavy atom. The largest absolute Gasteiger partial charge is 0.452 e. The van der Waals surface area contributed by atoms with Gasteiger partial charge >= 0.3 is 0 Å². The zero-order chi connectivity index (χ0) is 21.3. The highest BCUT2D eigenvalue weighted by Crippen LogP contribution is 2.12. The van der Waals surface area contributed by atoms with E-state index in [1.54, 1.807) is 0 Å². The number of hydrogen-bond acceptors (Lipinski definition) is 3. The molecule has 0 spiro atoms. The third-order valence-corrected chi connectivity index (χ3v) is 5.98. The van der Waals surface area contributed by atoms with Crippen LogP contribution in [-0.4, -0.2) is 31.2 Å². The fourth-order valence-electron chi connectivity index (χ4n) is 4.02. The third kappa shape index (κ3) is 23.6. The number of carbonyl (C=O) groups excluding carboxylic acids is 1. The maximum atomic E-state index is 10.5. The number of carbonyl (C=O) groups is 1. The van der Waals surface area contributed by atoms with Crippen molar-refractivity contribution in [1.82, 2.24) is 4.90 Å². The molecule has 0 aliphatic rings. The molecular formula is C26H53NO2. The van der Waals surface area contributed by atoms with Crippen LogP contribution in [0, 0.1) is 0 Å². The molecule has 0 fully saturated rings. The SMILES string of the molecule is CCCCCCCCCCCCN(CCCCCCCCCCCC)COC=O. The summed E-state index contributed by atoms with van der Waals surface area (Å²) in [6.07, 6.45) is 27.3. The van der Waals surface area contributed by atoms with Crippen molar-refractivity contribution in [3.8, 4) is 0 Å². The van der Waals surface area contributed by atoms with Gasteiger partial charge in [0.05, 0.1) is 0 Å². The van der Waals surface area contributed by atoms with E-state index in [9.17, 15) is 4.79 Å². The zero-order valence-electron chi connectivity index (χ0n) is 20.1. The minimum Gasteiger partial charge on any atom is -0.452 e. The predicted octanol–water partition coefficient (Wildman–Crippen LogP) is 8.26. The smallest absolute Gasteiger partial charge is 0.294 e. The first-order chi connectivity index (χ1) is 14.3. The van der Waals surface area contributed by atoms with Crippen molar-refractivity contribution >= 4 is 6.47 Å². The first kappa shape index (κ1) is 28.4. The van der Waals surface area contributed by atoms with E-state index in [2.05, 4.69) is 18.7 Å². The van der Waals surface area contributed by atoms with E-state index in [4.69, 9.17) is 4.74 Å². The van der Waals surface area contributed by atoms with Crippen LogP contribution in [0.25, 0.3) is 0 Å². The molecule has 29 heavy (non-hydrogen) atoms. The maximum Gasteiger partial charge on any atom is 0.294 e. The topological polar surface area (TPSA) is 29.5 Å². The number of unbranched alkanes of at least 4 members (excludes halogenated alkanes) is 18. The van der Waals surface area contributed by atoms with Gasteiger partial charge < -0.3 is 4.74 Å². The van der Waals surface area contributed by atoms with Gasteiger partial charge in [-0.05, 0) is 12.8 Å². The van der Waals surface area contributed by atoms with Crippen molar-refractivity contribution in [3.63, 3.8) is 0 Å². The molecule has 3 nitrogen and oxygen atoms in total. The van der Waals surface area contributed by atoms with Crippen LogP contribution >= 0.6 is 0 Å². The molecule has 0 rings (SSSR count). The number of hydrogen-bond donors (Lipinski definition) is 0. The normalized spacial score (nSPS) is 11.3. The van der Waals surface area contributed by atoms with E-state index >= 15 is 0 Å². The van der Waals surface area contributed by atoms with E-state index in [-0.39, 0.29) is 0 Å². The minimum atomic E-state index is 0.471. The van der Waals surface area contributed by atoms with Crippen molar-refractivity contribution in [2.75, 3.05) is 19.8 Å². The highest BCUT2D eigenvalue weighted by atomic mass is 16.5. The predicted molar refractivity (Wildman–Crippen MR) is 127 cm³/mol. The molecular weight excluding hydrogens is 358 g/mol. The molecule has 0 saturated heterocycles. The van der Waals surface area contributed by atoms with Gasteiger partial charge in [0, 0.05) is 13.1 Å². The van der Waals surface area contributed by atoms with Gasteiger partial charge in [0.25, 0.3) is 6.47 Å². The van der Waals surface area contributed by atoms with Crippen LogP contribution in [0.5, 0.6) is 0 Å². The quantitative estimate of drug-likeness (QED) is 0.0860. The lowest BCUT2D eigenvalue weighted by Crippen LogP contribution is -2.28. The van der Waals surface area contributed by atoms with Crippen molar-refractivity contribution in [1.29, 1.82) is 0 Å². The first-order valence-corrected chi connectivity index (χ1v) is 13.1. The van der Waals surface area contributed by atoms with Crippen LogP contribution in [0.15, 0.2) is 0 Å². The molecule has 0 bridgehead atoms. The Morgan fingerprint density at radius 3 is 1.14 bits per heavy atom. The lowest BCUT2D eigenvalue weighted by molar-refractivity contribution is -0.133.